The van der Waals surface area contributed by atoms with E-state index in [2.05, 4.69) is 4.99 Å². The maximum atomic E-state index is 10.6. The molecule has 1 aromatic carbocycles. The number of nitrogens with zero attached hydrogens (tertiary/aromatic N) is 1. The minimum Gasteiger partial charge on any atom is -0.772 e. The molecule has 0 radical (unpaired) electrons. The third-order valence-corrected chi connectivity index (χ3v) is 3.80. The number of hydrogen-bond donors (Lipinski definition) is 1. The molecule has 20 heavy (non-hydrogen) atoms. The summed E-state index contributed by atoms with van der Waals surface area (Å²) in [4.78, 5) is 3.24. The fourth-order valence-electron chi connectivity index (χ4n) is 1.94. The van der Waals surface area contributed by atoms with Crippen LogP contribution in [0.1, 0.15) is 17.2 Å². The predicted molar refractivity (Wildman–Crippen MR) is 76.7 cm³/mol. The number of rotatable bonds is 5. The largest absolute Gasteiger partial charge is 0.772 e. The van der Waals surface area contributed by atoms with Crippen LogP contribution in [0.4, 0.5) is 0 Å². The molecular formula is C12H12Cl2NO4S-. The average molecular weight is 337 g/mol. The Balaban J connectivity index is 2.14. The molecule has 110 valence electrons. The van der Waals surface area contributed by atoms with E-state index in [0.717, 1.165) is 5.56 Å². The summed E-state index contributed by atoms with van der Waals surface area (Å²) in [6.07, 6.45) is -0.471. The van der Waals surface area contributed by atoms with Crippen LogP contribution in [-0.4, -0.2) is 37.3 Å². The number of ether oxygens (including phenoxy) is 1. The molecule has 1 unspecified atom stereocenters. The van der Waals surface area contributed by atoms with E-state index in [1.807, 2.05) is 0 Å². The minimum absolute atomic E-state index is 0.0393. The van der Waals surface area contributed by atoms with Gasteiger partial charge in [-0.05, 0) is 11.1 Å². The molecule has 1 aliphatic rings. The number of hydrogen-bond acceptors (Lipinski definition) is 5. The molecule has 0 saturated heterocycles. The van der Waals surface area contributed by atoms with Crippen molar-refractivity contribution in [3.8, 4) is 0 Å². The molecule has 0 fully saturated rings. The molecule has 0 spiro atoms. The van der Waals surface area contributed by atoms with Gasteiger partial charge in [-0.3, -0.25) is 4.21 Å². The van der Waals surface area contributed by atoms with Gasteiger partial charge >= 0.3 is 0 Å². The Kier molecular flexibility index (Phi) is 5.40. The first-order valence-corrected chi connectivity index (χ1v) is 7.91. The Bertz CT molecular complexity index is 521. The lowest BCUT2D eigenvalue weighted by Gasteiger charge is -2.17. The first kappa shape index (κ1) is 15.7. The summed E-state index contributed by atoms with van der Waals surface area (Å²) in [5, 5.41) is 9.32. The predicted octanol–water partition coefficient (Wildman–Crippen LogP) is 1.70. The van der Waals surface area contributed by atoms with Gasteiger partial charge in [0.15, 0.2) is 4.84 Å². The molecule has 1 heterocycles. The Labute approximate surface area is 128 Å². The van der Waals surface area contributed by atoms with Crippen LogP contribution in [0.5, 0.6) is 0 Å². The van der Waals surface area contributed by atoms with E-state index >= 15 is 0 Å². The van der Waals surface area contributed by atoms with Crippen molar-refractivity contribution in [3.05, 3.63) is 35.4 Å². The van der Waals surface area contributed by atoms with E-state index < -0.39 is 28.1 Å². The first-order chi connectivity index (χ1) is 9.51. The maximum Gasteiger partial charge on any atom is 0.218 e. The number of benzene rings is 1. The van der Waals surface area contributed by atoms with Crippen LogP contribution in [-0.2, 0) is 21.6 Å². The van der Waals surface area contributed by atoms with Gasteiger partial charge < -0.3 is 14.4 Å². The fraction of sp³-hybridized carbons (Fsp3) is 0.417. The van der Waals surface area contributed by atoms with Crippen molar-refractivity contribution in [2.45, 2.75) is 22.7 Å². The van der Waals surface area contributed by atoms with E-state index in [-0.39, 0.29) is 18.3 Å². The van der Waals surface area contributed by atoms with E-state index in [4.69, 9.17) is 27.9 Å². The second-order valence-corrected chi connectivity index (χ2v) is 6.24. The number of aliphatic hydroxyl groups excluding tert-OH is 1. The van der Waals surface area contributed by atoms with Crippen molar-refractivity contribution in [2.24, 2.45) is 4.99 Å². The van der Waals surface area contributed by atoms with Gasteiger partial charge in [0, 0.05) is 5.75 Å². The molecule has 0 bridgehead atoms. The van der Waals surface area contributed by atoms with Gasteiger partial charge in [0.2, 0.25) is 5.90 Å². The summed E-state index contributed by atoms with van der Waals surface area (Å²) in [5.41, 5.74) is 1.45. The molecule has 0 saturated carbocycles. The number of alkyl halides is 2. The second kappa shape index (κ2) is 6.87. The van der Waals surface area contributed by atoms with Crippen LogP contribution in [0, 0.1) is 0 Å². The zero-order valence-electron chi connectivity index (χ0n) is 10.2. The van der Waals surface area contributed by atoms with E-state index in [9.17, 15) is 13.9 Å². The zero-order valence-corrected chi connectivity index (χ0v) is 12.6. The molecule has 2 rings (SSSR count). The van der Waals surface area contributed by atoms with Crippen LogP contribution in [0.25, 0.3) is 0 Å². The van der Waals surface area contributed by atoms with Crippen molar-refractivity contribution in [2.75, 3.05) is 6.61 Å². The highest BCUT2D eigenvalue weighted by Gasteiger charge is 2.34. The van der Waals surface area contributed by atoms with Crippen molar-refractivity contribution >= 4 is 40.2 Å². The van der Waals surface area contributed by atoms with Crippen molar-refractivity contribution in [1.29, 1.82) is 0 Å². The van der Waals surface area contributed by atoms with E-state index in [1.165, 1.54) is 0 Å². The van der Waals surface area contributed by atoms with Crippen LogP contribution in [0.3, 0.4) is 0 Å². The Hall–Kier alpha value is -0.660. The monoisotopic (exact) mass is 336 g/mol. The van der Waals surface area contributed by atoms with Gasteiger partial charge in [-0.15, -0.1) is 0 Å². The van der Waals surface area contributed by atoms with Crippen molar-refractivity contribution in [1.82, 2.24) is 0 Å². The van der Waals surface area contributed by atoms with Crippen LogP contribution >= 0.6 is 23.2 Å². The molecule has 8 heteroatoms. The van der Waals surface area contributed by atoms with E-state index in [1.54, 1.807) is 24.3 Å². The van der Waals surface area contributed by atoms with Gasteiger partial charge in [0.25, 0.3) is 0 Å². The number of halogens is 2. The second-order valence-electron chi connectivity index (χ2n) is 4.25. The van der Waals surface area contributed by atoms with Crippen molar-refractivity contribution in [3.63, 3.8) is 0 Å². The molecule has 5 nitrogen and oxygen atoms in total. The molecule has 0 amide bonds. The minimum atomic E-state index is -2.12. The van der Waals surface area contributed by atoms with Gasteiger partial charge in [-0.1, -0.05) is 58.5 Å². The number of aliphatic imine (C=N–C) groups is 1. The third kappa shape index (κ3) is 3.71. The molecule has 0 aliphatic carbocycles. The molecular weight excluding hydrogens is 325 g/mol. The van der Waals surface area contributed by atoms with E-state index in [0.29, 0.717) is 5.56 Å². The van der Waals surface area contributed by atoms with Crippen LogP contribution in [0.2, 0.25) is 0 Å². The lowest BCUT2D eigenvalue weighted by Crippen LogP contribution is -2.18. The van der Waals surface area contributed by atoms with Crippen LogP contribution < -0.4 is 0 Å². The highest BCUT2D eigenvalue weighted by atomic mass is 35.5. The lowest BCUT2D eigenvalue weighted by molar-refractivity contribution is 0.150. The fourth-order valence-corrected chi connectivity index (χ4v) is 2.62. The third-order valence-electron chi connectivity index (χ3n) is 2.86. The van der Waals surface area contributed by atoms with Gasteiger partial charge in [0.1, 0.15) is 12.1 Å². The molecule has 1 N–H and O–H groups in total. The van der Waals surface area contributed by atoms with Gasteiger partial charge in [0.05, 0.1) is 6.61 Å². The topological polar surface area (TPSA) is 82.0 Å². The summed E-state index contributed by atoms with van der Waals surface area (Å²) in [7, 11) is 0. The van der Waals surface area contributed by atoms with Crippen LogP contribution in [0.15, 0.2) is 29.3 Å². The Morgan fingerprint density at radius 3 is 2.55 bits per heavy atom. The first-order valence-electron chi connectivity index (χ1n) is 5.79. The average Bonchev–Trinajstić information content (AvgIpc) is 2.83. The summed E-state index contributed by atoms with van der Waals surface area (Å²) >= 11 is 9.28. The smallest absolute Gasteiger partial charge is 0.218 e. The molecule has 1 aromatic rings. The zero-order chi connectivity index (χ0) is 14.7. The summed E-state index contributed by atoms with van der Waals surface area (Å²) in [5.74, 6) is 0.143. The molecule has 0 aromatic heterocycles. The van der Waals surface area contributed by atoms with Gasteiger partial charge in [-0.25, -0.2) is 4.99 Å². The molecule has 1 aliphatic heterocycles. The highest BCUT2D eigenvalue weighted by Crippen LogP contribution is 2.31. The SMILES string of the molecule is O=S([O-])Cc1ccc([C@H]2OC(C(Cl)Cl)=N[C@@H]2CO)cc1. The summed E-state index contributed by atoms with van der Waals surface area (Å²) < 4.78 is 26.8. The highest BCUT2D eigenvalue weighted by molar-refractivity contribution is 7.78. The summed E-state index contributed by atoms with van der Waals surface area (Å²) in [6, 6.07) is 6.40. The summed E-state index contributed by atoms with van der Waals surface area (Å²) in [6.45, 7) is -0.193. The normalized spacial score (nSPS) is 23.6. The Morgan fingerprint density at radius 2 is 2.05 bits per heavy atom. The standard InChI is InChI=1S/C12H13Cl2NO4S/c13-11(14)12-15-9(5-16)10(19-12)8-3-1-7(2-4-8)6-20(17)18/h1-4,9-11,16H,5-6H2,(H,17,18)/p-1/t9-,10-/m1/s1. The number of aliphatic hydroxyl groups is 1. The van der Waals surface area contributed by atoms with Gasteiger partial charge in [-0.2, -0.15) is 0 Å². The Morgan fingerprint density at radius 1 is 1.40 bits per heavy atom. The maximum absolute atomic E-state index is 10.6. The lowest BCUT2D eigenvalue weighted by atomic mass is 10.0. The molecule has 3 atom stereocenters. The van der Waals surface area contributed by atoms with Crippen molar-refractivity contribution < 1.29 is 18.6 Å². The quantitative estimate of drug-likeness (QED) is 0.655.